The van der Waals surface area contributed by atoms with Crippen molar-refractivity contribution in [1.82, 2.24) is 14.8 Å². The van der Waals surface area contributed by atoms with E-state index in [0.29, 0.717) is 35.9 Å². The van der Waals surface area contributed by atoms with Crippen LogP contribution in [0.3, 0.4) is 0 Å². The van der Waals surface area contributed by atoms with E-state index in [9.17, 15) is 9.18 Å². The molecule has 0 saturated carbocycles. The van der Waals surface area contributed by atoms with Crippen molar-refractivity contribution in [1.29, 1.82) is 0 Å². The van der Waals surface area contributed by atoms with Gasteiger partial charge in [-0.1, -0.05) is 12.1 Å². The summed E-state index contributed by atoms with van der Waals surface area (Å²) in [7, 11) is 0. The van der Waals surface area contributed by atoms with Gasteiger partial charge in [0, 0.05) is 36.4 Å². The maximum Gasteiger partial charge on any atom is 0.248 e. The van der Waals surface area contributed by atoms with E-state index in [-0.39, 0.29) is 11.7 Å². The van der Waals surface area contributed by atoms with Crippen molar-refractivity contribution >= 4 is 17.7 Å². The third-order valence-electron chi connectivity index (χ3n) is 4.50. The van der Waals surface area contributed by atoms with Gasteiger partial charge in [0.1, 0.15) is 18.1 Å². The predicted molar refractivity (Wildman–Crippen MR) is 123 cm³/mol. The molecule has 2 aromatic heterocycles. The standard InChI is InChI=1S/C25H21FN4O3/c26-23-16-19(7-9-24(23)33-22-6-2-11-27-18-22)8-10-25(31)29-20-4-1-5-21(17-20)32-15-14-30-13-3-12-28-30/h1-13,16-18H,14-15H2,(H,29,31)/b10-8+. The first-order valence-electron chi connectivity index (χ1n) is 10.2. The van der Waals surface area contributed by atoms with Crippen LogP contribution >= 0.6 is 0 Å². The van der Waals surface area contributed by atoms with Crippen molar-refractivity contribution in [2.45, 2.75) is 6.54 Å². The topological polar surface area (TPSA) is 78.3 Å². The number of nitrogens with one attached hydrogen (secondary N) is 1. The lowest BCUT2D eigenvalue weighted by Gasteiger charge is -2.08. The molecule has 0 radical (unpaired) electrons. The Hall–Kier alpha value is -4.46. The van der Waals surface area contributed by atoms with E-state index in [0.717, 1.165) is 0 Å². The van der Waals surface area contributed by atoms with Crippen molar-refractivity contribution in [3.8, 4) is 17.2 Å². The molecule has 2 aromatic carbocycles. The molecule has 0 saturated heterocycles. The molecule has 166 valence electrons. The fourth-order valence-electron chi connectivity index (χ4n) is 2.95. The van der Waals surface area contributed by atoms with Crippen LogP contribution < -0.4 is 14.8 Å². The Morgan fingerprint density at radius 2 is 1.97 bits per heavy atom. The zero-order valence-electron chi connectivity index (χ0n) is 17.6. The van der Waals surface area contributed by atoms with Crippen LogP contribution in [0.15, 0.2) is 91.5 Å². The molecule has 0 unspecified atom stereocenters. The van der Waals surface area contributed by atoms with Gasteiger partial charge in [-0.3, -0.25) is 14.5 Å². The SMILES string of the molecule is O=C(/C=C/c1ccc(Oc2cccnc2)c(F)c1)Nc1cccc(OCCn2cccn2)c1. The van der Waals surface area contributed by atoms with Crippen LogP contribution in [0.25, 0.3) is 6.08 Å². The largest absolute Gasteiger partial charge is 0.492 e. The first-order valence-corrected chi connectivity index (χ1v) is 10.2. The number of nitrogens with zero attached hydrogens (tertiary/aromatic N) is 3. The summed E-state index contributed by atoms with van der Waals surface area (Å²) in [6, 6.07) is 16.8. The van der Waals surface area contributed by atoms with Crippen LogP contribution in [0.5, 0.6) is 17.2 Å². The molecule has 0 spiro atoms. The fraction of sp³-hybridized carbons (Fsp3) is 0.0800. The zero-order valence-corrected chi connectivity index (χ0v) is 17.6. The summed E-state index contributed by atoms with van der Waals surface area (Å²) in [4.78, 5) is 16.2. The van der Waals surface area contributed by atoms with Crippen LogP contribution in [0.4, 0.5) is 10.1 Å². The highest BCUT2D eigenvalue weighted by Gasteiger charge is 2.06. The lowest BCUT2D eigenvalue weighted by Crippen LogP contribution is -2.10. The third kappa shape index (κ3) is 6.51. The number of ether oxygens (including phenoxy) is 2. The lowest BCUT2D eigenvalue weighted by molar-refractivity contribution is -0.111. The molecule has 33 heavy (non-hydrogen) atoms. The number of amides is 1. The highest BCUT2D eigenvalue weighted by Crippen LogP contribution is 2.25. The van der Waals surface area contributed by atoms with Gasteiger partial charge in [-0.25, -0.2) is 4.39 Å². The number of pyridine rings is 1. The average molecular weight is 444 g/mol. The highest BCUT2D eigenvalue weighted by molar-refractivity contribution is 6.02. The normalized spacial score (nSPS) is 10.8. The summed E-state index contributed by atoms with van der Waals surface area (Å²) in [5.74, 6) is 0.261. The number of benzene rings is 2. The van der Waals surface area contributed by atoms with Crippen LogP contribution in [0.2, 0.25) is 0 Å². The van der Waals surface area contributed by atoms with Gasteiger partial charge >= 0.3 is 0 Å². The van der Waals surface area contributed by atoms with Gasteiger partial charge in [0.2, 0.25) is 5.91 Å². The number of carbonyl (C=O) groups is 1. The summed E-state index contributed by atoms with van der Waals surface area (Å²) in [6.07, 6.45) is 9.53. The molecule has 0 aliphatic rings. The molecule has 0 aliphatic carbocycles. The molecule has 7 nitrogen and oxygen atoms in total. The minimum Gasteiger partial charge on any atom is -0.492 e. The van der Waals surface area contributed by atoms with Crippen LogP contribution in [0, 0.1) is 5.82 Å². The predicted octanol–water partition coefficient (Wildman–Crippen LogP) is 4.94. The number of anilines is 1. The summed E-state index contributed by atoms with van der Waals surface area (Å²) in [5, 5.41) is 6.88. The summed E-state index contributed by atoms with van der Waals surface area (Å²) >= 11 is 0. The Morgan fingerprint density at radius 3 is 2.76 bits per heavy atom. The van der Waals surface area contributed by atoms with E-state index >= 15 is 0 Å². The Kier molecular flexibility index (Phi) is 7.07. The molecule has 0 atom stereocenters. The van der Waals surface area contributed by atoms with Gasteiger partial charge < -0.3 is 14.8 Å². The number of carbonyl (C=O) groups excluding carboxylic acids is 1. The Labute approximate surface area is 190 Å². The molecule has 8 heteroatoms. The number of rotatable bonds is 9. The smallest absolute Gasteiger partial charge is 0.248 e. The van der Waals surface area contributed by atoms with E-state index in [1.165, 1.54) is 30.5 Å². The molecular formula is C25H21FN4O3. The minimum absolute atomic E-state index is 0.0778. The molecular weight excluding hydrogens is 423 g/mol. The highest BCUT2D eigenvalue weighted by atomic mass is 19.1. The van der Waals surface area contributed by atoms with Crippen molar-refractivity contribution in [2.75, 3.05) is 11.9 Å². The second-order valence-corrected chi connectivity index (χ2v) is 6.95. The molecule has 1 amide bonds. The summed E-state index contributed by atoms with van der Waals surface area (Å²) < 4.78 is 27.3. The maximum absolute atomic E-state index is 14.3. The lowest BCUT2D eigenvalue weighted by atomic mass is 10.2. The van der Waals surface area contributed by atoms with Crippen molar-refractivity contribution in [2.24, 2.45) is 0 Å². The second kappa shape index (κ2) is 10.7. The molecule has 1 N–H and O–H groups in total. The van der Waals surface area contributed by atoms with Gasteiger partial charge in [0.05, 0.1) is 12.7 Å². The maximum atomic E-state index is 14.3. The van der Waals surface area contributed by atoms with E-state index in [1.54, 1.807) is 53.5 Å². The Morgan fingerprint density at radius 1 is 1.06 bits per heavy atom. The summed E-state index contributed by atoms with van der Waals surface area (Å²) in [6.45, 7) is 1.07. The van der Waals surface area contributed by atoms with Crippen molar-refractivity contribution in [3.63, 3.8) is 0 Å². The molecule has 2 heterocycles. The van der Waals surface area contributed by atoms with Crippen LogP contribution in [-0.2, 0) is 11.3 Å². The monoisotopic (exact) mass is 444 g/mol. The van der Waals surface area contributed by atoms with Gasteiger partial charge in [-0.2, -0.15) is 5.10 Å². The van der Waals surface area contributed by atoms with E-state index in [1.807, 2.05) is 18.3 Å². The number of aromatic nitrogens is 3. The Balaban J connectivity index is 1.31. The van der Waals surface area contributed by atoms with E-state index in [2.05, 4.69) is 15.4 Å². The van der Waals surface area contributed by atoms with Crippen LogP contribution in [0.1, 0.15) is 5.56 Å². The average Bonchev–Trinajstić information content (AvgIpc) is 3.34. The molecule has 4 aromatic rings. The minimum atomic E-state index is -0.540. The molecule has 0 fully saturated rings. The molecule has 4 rings (SSSR count). The number of halogens is 1. The second-order valence-electron chi connectivity index (χ2n) is 6.95. The number of hydrogen-bond donors (Lipinski definition) is 1. The van der Waals surface area contributed by atoms with Gasteiger partial charge in [-0.15, -0.1) is 0 Å². The van der Waals surface area contributed by atoms with Gasteiger partial charge in [0.25, 0.3) is 0 Å². The number of hydrogen-bond acceptors (Lipinski definition) is 5. The first kappa shape index (κ1) is 21.8. The zero-order chi connectivity index (χ0) is 22.9. The van der Waals surface area contributed by atoms with E-state index < -0.39 is 5.82 Å². The van der Waals surface area contributed by atoms with Crippen LogP contribution in [-0.4, -0.2) is 27.3 Å². The molecule has 0 aliphatic heterocycles. The van der Waals surface area contributed by atoms with E-state index in [4.69, 9.17) is 9.47 Å². The van der Waals surface area contributed by atoms with Crippen molar-refractivity contribution < 1.29 is 18.7 Å². The van der Waals surface area contributed by atoms with Gasteiger partial charge in [0.15, 0.2) is 11.6 Å². The third-order valence-corrected chi connectivity index (χ3v) is 4.50. The van der Waals surface area contributed by atoms with Gasteiger partial charge in [-0.05, 0) is 54.1 Å². The quantitative estimate of drug-likeness (QED) is 0.370. The first-order chi connectivity index (χ1) is 16.2. The Bertz CT molecular complexity index is 1230. The van der Waals surface area contributed by atoms with Crippen molar-refractivity contribution in [3.05, 3.63) is 103 Å². The summed E-state index contributed by atoms with van der Waals surface area (Å²) in [5.41, 5.74) is 1.12. The molecule has 0 bridgehead atoms. The fourth-order valence-corrected chi connectivity index (χ4v) is 2.95.